The fourth-order valence-corrected chi connectivity index (χ4v) is 4.73. The molecule has 0 unspecified atom stereocenters. The lowest BCUT2D eigenvalue weighted by Crippen LogP contribution is -2.46. The Hall–Kier alpha value is -0.600. The molecule has 0 aliphatic rings. The van der Waals surface area contributed by atoms with Crippen LogP contribution in [0, 0.1) is 0 Å². The Labute approximate surface area is 263 Å². The number of rotatable bonds is 36. The minimum atomic E-state index is 0.662. The third kappa shape index (κ3) is 28.6. The number of nitrogens with zero attached hydrogens (tertiary/aromatic N) is 4. The van der Waals surface area contributed by atoms with Gasteiger partial charge in [0, 0.05) is 183 Å². The molecule has 0 amide bonds. The first-order valence-corrected chi connectivity index (χ1v) is 16.8. The van der Waals surface area contributed by atoms with E-state index in [0.717, 1.165) is 144 Å². The van der Waals surface area contributed by atoms with Crippen LogP contribution in [0.25, 0.3) is 0 Å². The predicted molar refractivity (Wildman–Crippen MR) is 184 cm³/mol. The summed E-state index contributed by atoms with van der Waals surface area (Å²) in [6, 6.07) is 0. The van der Waals surface area contributed by atoms with Gasteiger partial charge in [0.15, 0.2) is 0 Å². The van der Waals surface area contributed by atoms with Crippen LogP contribution >= 0.6 is 0 Å². The summed E-state index contributed by atoms with van der Waals surface area (Å²) in [5.74, 6) is 0. The topological polar surface area (TPSA) is 229 Å². The van der Waals surface area contributed by atoms with Crippen LogP contribution in [0.1, 0.15) is 0 Å². The summed E-state index contributed by atoms with van der Waals surface area (Å²) in [6.07, 6.45) is 0. The quantitative estimate of drug-likeness (QED) is 0.0293. The molecule has 0 aliphatic carbocycles. The van der Waals surface area contributed by atoms with Gasteiger partial charge in [-0.1, -0.05) is 0 Å². The van der Waals surface area contributed by atoms with Crippen molar-refractivity contribution < 1.29 is 0 Å². The number of nitrogens with one attached hydrogen (secondary N) is 5. The van der Waals surface area contributed by atoms with Gasteiger partial charge >= 0.3 is 0 Å². The van der Waals surface area contributed by atoms with Gasteiger partial charge in [-0.3, -0.25) is 19.6 Å². The molecule has 0 bridgehead atoms. The highest BCUT2D eigenvalue weighted by atomic mass is 15.2. The molecule has 0 aromatic carbocycles. The van der Waals surface area contributed by atoms with Gasteiger partial charge in [0.25, 0.3) is 0 Å². The van der Waals surface area contributed by atoms with Crippen molar-refractivity contribution in [2.24, 2.45) is 34.4 Å². The van der Waals surface area contributed by atoms with Gasteiger partial charge in [0.1, 0.15) is 0 Å². The Morgan fingerprint density at radius 2 is 0.442 bits per heavy atom. The van der Waals surface area contributed by atoms with Crippen molar-refractivity contribution in [2.75, 3.05) is 183 Å². The maximum absolute atomic E-state index is 5.96. The minimum Gasteiger partial charge on any atom is -0.329 e. The summed E-state index contributed by atoms with van der Waals surface area (Å²) >= 11 is 0. The lowest BCUT2D eigenvalue weighted by atomic mass is 10.3. The zero-order chi connectivity index (χ0) is 31.6. The van der Waals surface area contributed by atoms with E-state index in [1.54, 1.807) is 0 Å². The zero-order valence-corrected chi connectivity index (χ0v) is 27.6. The second-order valence-electron chi connectivity index (χ2n) is 10.8. The first kappa shape index (κ1) is 42.4. The molecule has 17 N–H and O–H groups in total. The highest BCUT2D eigenvalue weighted by Crippen LogP contribution is 1.94. The van der Waals surface area contributed by atoms with Gasteiger partial charge in [-0.25, -0.2) is 0 Å². The maximum Gasteiger partial charge on any atom is 0.0110 e. The van der Waals surface area contributed by atoms with Crippen molar-refractivity contribution >= 4 is 0 Å². The first-order valence-electron chi connectivity index (χ1n) is 16.8. The normalized spacial score (nSPS) is 12.1. The molecule has 43 heavy (non-hydrogen) atoms. The average molecular weight is 620 g/mol. The van der Waals surface area contributed by atoms with Gasteiger partial charge in [-0.05, 0) is 0 Å². The SMILES string of the molecule is NCCNCCN(CCN)CCN(CCNCCN)CCNCCN(CCN)CCN(CCNCCN)CCNCCN. The molecule has 0 atom stereocenters. The second-order valence-corrected chi connectivity index (χ2v) is 10.8. The molecule has 0 heterocycles. The van der Waals surface area contributed by atoms with Gasteiger partial charge in [-0.15, -0.1) is 0 Å². The molecule has 15 heteroatoms. The number of nitrogens with two attached hydrogens (primary N) is 6. The molecule has 0 aromatic heterocycles. The van der Waals surface area contributed by atoms with E-state index in [1.807, 2.05) is 0 Å². The third-order valence-electron chi connectivity index (χ3n) is 7.27. The lowest BCUT2D eigenvalue weighted by Gasteiger charge is -2.29. The Kier molecular flexibility index (Phi) is 33.8. The van der Waals surface area contributed by atoms with Crippen molar-refractivity contribution in [1.29, 1.82) is 0 Å². The molecule has 0 aliphatic heterocycles. The van der Waals surface area contributed by atoms with E-state index in [2.05, 4.69) is 46.2 Å². The van der Waals surface area contributed by atoms with Crippen LogP contribution in [0.15, 0.2) is 0 Å². The van der Waals surface area contributed by atoms with E-state index in [0.29, 0.717) is 39.3 Å². The molecule has 0 saturated heterocycles. The predicted octanol–water partition coefficient (Wildman–Crippen LogP) is -6.11. The monoisotopic (exact) mass is 620 g/mol. The summed E-state index contributed by atoms with van der Waals surface area (Å²) in [7, 11) is 0. The Balaban J connectivity index is 4.63. The van der Waals surface area contributed by atoms with Crippen molar-refractivity contribution in [3.63, 3.8) is 0 Å². The molecule has 15 nitrogen and oxygen atoms in total. The van der Waals surface area contributed by atoms with E-state index >= 15 is 0 Å². The summed E-state index contributed by atoms with van der Waals surface area (Å²) in [5, 5.41) is 17.3. The van der Waals surface area contributed by atoms with Crippen LogP contribution in [0.4, 0.5) is 0 Å². The molecule has 260 valence electrons. The molecule has 0 radical (unpaired) electrons. The number of hydrogen-bond donors (Lipinski definition) is 11. The van der Waals surface area contributed by atoms with E-state index in [1.165, 1.54) is 0 Å². The molecule has 0 fully saturated rings. The van der Waals surface area contributed by atoms with Gasteiger partial charge in [0.05, 0.1) is 0 Å². The molecule has 0 aromatic rings. The van der Waals surface area contributed by atoms with Crippen LogP contribution in [-0.2, 0) is 0 Å². The highest BCUT2D eigenvalue weighted by molar-refractivity contribution is 4.70. The van der Waals surface area contributed by atoms with E-state index in [9.17, 15) is 0 Å². The van der Waals surface area contributed by atoms with E-state index in [-0.39, 0.29) is 0 Å². The van der Waals surface area contributed by atoms with Gasteiger partial charge < -0.3 is 61.0 Å². The van der Waals surface area contributed by atoms with Crippen molar-refractivity contribution in [3.8, 4) is 0 Å². The first-order chi connectivity index (χ1) is 21.1. The standard InChI is InChI=1S/C28H73N15/c29-1-7-35-11-19-40(17-5-33)25-28-43(23-14-38-10-4-32)24-16-39-15-20-41(18-6-34)26-27-42(21-12-36-8-2-30)22-13-37-9-3-31/h35-39H,1-34H2. The van der Waals surface area contributed by atoms with Gasteiger partial charge in [-0.2, -0.15) is 0 Å². The summed E-state index contributed by atoms with van der Waals surface area (Å²) in [6.45, 7) is 24.9. The van der Waals surface area contributed by atoms with Crippen LogP contribution in [0.5, 0.6) is 0 Å². The Morgan fingerprint density at radius 1 is 0.233 bits per heavy atom. The van der Waals surface area contributed by atoms with Crippen LogP contribution < -0.4 is 61.0 Å². The third-order valence-corrected chi connectivity index (χ3v) is 7.27. The largest absolute Gasteiger partial charge is 0.329 e. The highest BCUT2D eigenvalue weighted by Gasteiger charge is 2.11. The fourth-order valence-electron chi connectivity index (χ4n) is 4.73. The molecular weight excluding hydrogens is 546 g/mol. The van der Waals surface area contributed by atoms with Gasteiger partial charge in [0.2, 0.25) is 0 Å². The summed E-state index contributed by atoms with van der Waals surface area (Å²) in [5.41, 5.74) is 34.4. The number of hydrogen-bond acceptors (Lipinski definition) is 15. The van der Waals surface area contributed by atoms with E-state index in [4.69, 9.17) is 34.4 Å². The average Bonchev–Trinajstić information content (AvgIpc) is 3.01. The maximum atomic E-state index is 5.96. The van der Waals surface area contributed by atoms with E-state index < -0.39 is 0 Å². The fraction of sp³-hybridized carbons (Fsp3) is 1.00. The smallest absolute Gasteiger partial charge is 0.0110 e. The molecule has 0 spiro atoms. The summed E-state index contributed by atoms with van der Waals surface area (Å²) < 4.78 is 0. The zero-order valence-electron chi connectivity index (χ0n) is 27.6. The second kappa shape index (κ2) is 34.3. The minimum absolute atomic E-state index is 0.662. The molecule has 0 saturated carbocycles. The van der Waals surface area contributed by atoms with Crippen molar-refractivity contribution in [2.45, 2.75) is 0 Å². The lowest BCUT2D eigenvalue weighted by molar-refractivity contribution is 0.199. The van der Waals surface area contributed by atoms with Crippen molar-refractivity contribution in [3.05, 3.63) is 0 Å². The van der Waals surface area contributed by atoms with Crippen LogP contribution in [-0.4, -0.2) is 203 Å². The van der Waals surface area contributed by atoms with Crippen LogP contribution in [0.2, 0.25) is 0 Å². The molecular formula is C28H73N15. The van der Waals surface area contributed by atoms with Crippen LogP contribution in [0.3, 0.4) is 0 Å². The summed E-state index contributed by atoms with van der Waals surface area (Å²) in [4.78, 5) is 9.94. The molecule has 0 rings (SSSR count). The Bertz CT molecular complexity index is 522. The Morgan fingerprint density at radius 3 is 0.651 bits per heavy atom. The van der Waals surface area contributed by atoms with Crippen molar-refractivity contribution in [1.82, 2.24) is 46.2 Å².